The van der Waals surface area contributed by atoms with E-state index in [2.05, 4.69) is 5.32 Å². The van der Waals surface area contributed by atoms with E-state index in [1.54, 1.807) is 6.07 Å². The molecule has 0 radical (unpaired) electrons. The standard InChI is InChI=1S/C16H22FNO2.ClH/c1-2-10-5-13(17)3-4-15(10)20-16-7-12-9-18-8-11(12)6-14(16)19;/h3-5,11-12,14,16,18-19H,2,6-9H2,1H3;1H/t11-,12+,14+,16+;/m0./s1. The van der Waals surface area contributed by atoms with Crippen LogP contribution >= 0.6 is 12.4 Å². The second-order valence-electron chi connectivity index (χ2n) is 5.98. The molecule has 3 nitrogen and oxygen atoms in total. The number of nitrogens with one attached hydrogen (secondary N) is 1. The van der Waals surface area contributed by atoms with Crippen LogP contribution in [0.1, 0.15) is 25.3 Å². The zero-order chi connectivity index (χ0) is 14.1. The van der Waals surface area contributed by atoms with Gasteiger partial charge in [-0.3, -0.25) is 0 Å². The number of hydrogen-bond acceptors (Lipinski definition) is 3. The van der Waals surface area contributed by atoms with Crippen molar-refractivity contribution in [1.82, 2.24) is 5.32 Å². The van der Waals surface area contributed by atoms with E-state index in [9.17, 15) is 9.50 Å². The molecule has 5 heteroatoms. The van der Waals surface area contributed by atoms with Crippen LogP contribution in [0, 0.1) is 17.7 Å². The molecule has 1 heterocycles. The first-order valence-corrected chi connectivity index (χ1v) is 7.51. The van der Waals surface area contributed by atoms with Crippen molar-refractivity contribution in [1.29, 1.82) is 0 Å². The highest BCUT2D eigenvalue weighted by molar-refractivity contribution is 5.85. The van der Waals surface area contributed by atoms with Gasteiger partial charge in [-0.25, -0.2) is 4.39 Å². The molecular weight excluding hydrogens is 293 g/mol. The van der Waals surface area contributed by atoms with Gasteiger partial charge in [-0.15, -0.1) is 12.4 Å². The first-order valence-electron chi connectivity index (χ1n) is 7.51. The number of aryl methyl sites for hydroxylation is 1. The molecule has 0 spiro atoms. The summed E-state index contributed by atoms with van der Waals surface area (Å²) in [6.45, 7) is 4.00. The fourth-order valence-electron chi connectivity index (χ4n) is 3.49. The third-order valence-corrected chi connectivity index (χ3v) is 4.67. The Morgan fingerprint density at radius 2 is 2.00 bits per heavy atom. The maximum Gasteiger partial charge on any atom is 0.125 e. The Morgan fingerprint density at radius 3 is 2.71 bits per heavy atom. The van der Waals surface area contributed by atoms with E-state index in [1.807, 2.05) is 6.92 Å². The number of aliphatic hydroxyl groups excluding tert-OH is 1. The van der Waals surface area contributed by atoms with Gasteiger partial charge in [-0.1, -0.05) is 6.92 Å². The zero-order valence-corrected chi connectivity index (χ0v) is 13.0. The molecule has 3 rings (SSSR count). The molecule has 1 aliphatic carbocycles. The van der Waals surface area contributed by atoms with Crippen molar-refractivity contribution in [2.24, 2.45) is 11.8 Å². The highest BCUT2D eigenvalue weighted by Crippen LogP contribution is 2.35. The summed E-state index contributed by atoms with van der Waals surface area (Å²) in [6, 6.07) is 4.62. The monoisotopic (exact) mass is 315 g/mol. The predicted molar refractivity (Wildman–Crippen MR) is 82.5 cm³/mol. The lowest BCUT2D eigenvalue weighted by molar-refractivity contribution is -0.0235. The third-order valence-electron chi connectivity index (χ3n) is 4.67. The normalized spacial score (nSPS) is 31.4. The second-order valence-corrected chi connectivity index (χ2v) is 5.98. The van der Waals surface area contributed by atoms with E-state index in [-0.39, 0.29) is 24.3 Å². The van der Waals surface area contributed by atoms with Gasteiger partial charge in [0.1, 0.15) is 17.7 Å². The molecule has 2 aliphatic rings. The maximum absolute atomic E-state index is 13.3. The van der Waals surface area contributed by atoms with Gasteiger partial charge >= 0.3 is 0 Å². The van der Waals surface area contributed by atoms with Crippen LogP contribution in [0.5, 0.6) is 5.75 Å². The molecule has 0 aromatic heterocycles. The summed E-state index contributed by atoms with van der Waals surface area (Å²) in [5, 5.41) is 13.7. The lowest BCUT2D eigenvalue weighted by Crippen LogP contribution is -2.42. The number of aliphatic hydroxyl groups is 1. The summed E-state index contributed by atoms with van der Waals surface area (Å²) in [6.07, 6.45) is 1.80. The van der Waals surface area contributed by atoms with Gasteiger partial charge in [0.25, 0.3) is 0 Å². The molecular formula is C16H23ClFNO2. The van der Waals surface area contributed by atoms with E-state index in [0.29, 0.717) is 17.6 Å². The Kier molecular flexibility index (Phi) is 5.47. The summed E-state index contributed by atoms with van der Waals surface area (Å²) in [5.74, 6) is 1.64. The van der Waals surface area contributed by atoms with Crippen LogP contribution in [0.15, 0.2) is 18.2 Å². The fraction of sp³-hybridized carbons (Fsp3) is 0.625. The number of fused-ring (bicyclic) bond motifs is 1. The maximum atomic E-state index is 13.3. The van der Waals surface area contributed by atoms with Gasteiger partial charge in [0, 0.05) is 0 Å². The molecule has 0 unspecified atom stereocenters. The van der Waals surface area contributed by atoms with Crippen LogP contribution in [0.4, 0.5) is 4.39 Å². The van der Waals surface area contributed by atoms with Crippen LogP contribution in [-0.2, 0) is 6.42 Å². The highest BCUT2D eigenvalue weighted by Gasteiger charge is 2.39. The molecule has 1 aromatic rings. The molecule has 0 bridgehead atoms. The smallest absolute Gasteiger partial charge is 0.125 e. The summed E-state index contributed by atoms with van der Waals surface area (Å²) >= 11 is 0. The van der Waals surface area contributed by atoms with E-state index >= 15 is 0 Å². The van der Waals surface area contributed by atoms with Crippen molar-refractivity contribution in [3.63, 3.8) is 0 Å². The minimum absolute atomic E-state index is 0. The van der Waals surface area contributed by atoms with E-state index < -0.39 is 6.10 Å². The van der Waals surface area contributed by atoms with Gasteiger partial charge in [0.05, 0.1) is 6.10 Å². The van der Waals surface area contributed by atoms with Crippen LogP contribution in [0.25, 0.3) is 0 Å². The van der Waals surface area contributed by atoms with Crippen molar-refractivity contribution in [2.75, 3.05) is 13.1 Å². The molecule has 1 saturated carbocycles. The molecule has 1 saturated heterocycles. The van der Waals surface area contributed by atoms with Gasteiger partial charge in [-0.05, 0) is 68.0 Å². The van der Waals surface area contributed by atoms with Crippen molar-refractivity contribution in [2.45, 2.75) is 38.4 Å². The Morgan fingerprint density at radius 1 is 1.29 bits per heavy atom. The number of halogens is 2. The van der Waals surface area contributed by atoms with Gasteiger partial charge in [0.15, 0.2) is 0 Å². The minimum atomic E-state index is -0.425. The Bertz CT molecular complexity index is 485. The summed E-state index contributed by atoms with van der Waals surface area (Å²) in [7, 11) is 0. The first kappa shape index (κ1) is 16.5. The zero-order valence-electron chi connectivity index (χ0n) is 12.2. The molecule has 21 heavy (non-hydrogen) atoms. The summed E-state index contributed by atoms with van der Waals surface area (Å²) in [5.41, 5.74) is 0.865. The Labute approximate surface area is 131 Å². The van der Waals surface area contributed by atoms with Crippen LogP contribution in [0.3, 0.4) is 0 Å². The summed E-state index contributed by atoms with van der Waals surface area (Å²) in [4.78, 5) is 0. The van der Waals surface area contributed by atoms with Gasteiger partial charge in [0.2, 0.25) is 0 Å². The Balaban J connectivity index is 0.00000161. The minimum Gasteiger partial charge on any atom is -0.487 e. The topological polar surface area (TPSA) is 41.5 Å². The number of benzene rings is 1. The molecule has 0 amide bonds. The van der Waals surface area contributed by atoms with Crippen molar-refractivity contribution in [3.8, 4) is 5.75 Å². The lowest BCUT2D eigenvalue weighted by atomic mass is 9.78. The summed E-state index contributed by atoms with van der Waals surface area (Å²) < 4.78 is 19.3. The molecule has 2 fully saturated rings. The number of ether oxygens (including phenoxy) is 1. The largest absolute Gasteiger partial charge is 0.487 e. The van der Waals surface area contributed by atoms with Gasteiger partial charge in [-0.2, -0.15) is 0 Å². The van der Waals surface area contributed by atoms with Crippen LogP contribution < -0.4 is 10.1 Å². The number of hydrogen-bond donors (Lipinski definition) is 2. The molecule has 1 aromatic carbocycles. The fourth-order valence-corrected chi connectivity index (χ4v) is 3.49. The third kappa shape index (κ3) is 3.50. The molecule has 4 atom stereocenters. The Hall–Kier alpha value is -0.840. The quantitative estimate of drug-likeness (QED) is 0.900. The predicted octanol–water partition coefficient (Wildman–Crippen LogP) is 2.55. The SMILES string of the molecule is CCc1cc(F)ccc1O[C@@H]1C[C@@H]2CNC[C@@H]2C[C@H]1O.Cl. The number of rotatable bonds is 3. The van der Waals surface area contributed by atoms with Crippen molar-refractivity contribution in [3.05, 3.63) is 29.6 Å². The average molecular weight is 316 g/mol. The molecule has 1 aliphatic heterocycles. The average Bonchev–Trinajstić information content (AvgIpc) is 2.88. The van der Waals surface area contributed by atoms with Crippen LogP contribution in [0.2, 0.25) is 0 Å². The van der Waals surface area contributed by atoms with E-state index in [4.69, 9.17) is 4.74 Å². The lowest BCUT2D eigenvalue weighted by Gasteiger charge is -2.35. The van der Waals surface area contributed by atoms with Crippen molar-refractivity contribution < 1.29 is 14.2 Å². The van der Waals surface area contributed by atoms with E-state index in [0.717, 1.165) is 37.9 Å². The van der Waals surface area contributed by atoms with Crippen molar-refractivity contribution >= 4 is 12.4 Å². The van der Waals surface area contributed by atoms with Crippen LogP contribution in [-0.4, -0.2) is 30.4 Å². The second kappa shape index (κ2) is 6.95. The molecule has 2 N–H and O–H groups in total. The highest BCUT2D eigenvalue weighted by atomic mass is 35.5. The van der Waals surface area contributed by atoms with Gasteiger partial charge < -0.3 is 15.2 Å². The first-order chi connectivity index (χ1) is 9.67. The van der Waals surface area contributed by atoms with E-state index in [1.165, 1.54) is 12.1 Å². The molecule has 118 valence electrons.